The summed E-state index contributed by atoms with van der Waals surface area (Å²) in [7, 11) is 3.22. The second-order valence-corrected chi connectivity index (χ2v) is 6.88. The van der Waals surface area contributed by atoms with Gasteiger partial charge >= 0.3 is 0 Å². The molecule has 4 nitrogen and oxygen atoms in total. The monoisotopic (exact) mass is 356 g/mol. The van der Waals surface area contributed by atoms with Crippen molar-refractivity contribution >= 4 is 44.8 Å². The Morgan fingerprint density at radius 2 is 1.04 bits per heavy atom. The van der Waals surface area contributed by atoms with Crippen LogP contribution in [0.3, 0.4) is 0 Å². The van der Waals surface area contributed by atoms with Gasteiger partial charge in [-0.05, 0) is 60.7 Å². The van der Waals surface area contributed by atoms with Crippen molar-refractivity contribution in [2.75, 3.05) is 10.6 Å². The Bertz CT molecular complexity index is 675. The average molecular weight is 356 g/mol. The molecule has 0 aromatic heterocycles. The normalized spacial score (nSPS) is 9.83. The van der Waals surface area contributed by atoms with Crippen LogP contribution in [0.5, 0.6) is 0 Å². The summed E-state index contributed by atoms with van der Waals surface area (Å²) in [6, 6.07) is 15.1. The van der Waals surface area contributed by atoms with Gasteiger partial charge in [0.15, 0.2) is 0 Å². The SMILES string of the molecule is C=CC(=O)Nc1ccc(SSc2ccc(NC(=O)C=C)cc2)cc1. The minimum Gasteiger partial charge on any atom is -0.323 e. The van der Waals surface area contributed by atoms with E-state index in [0.717, 1.165) is 21.2 Å². The molecule has 0 radical (unpaired) electrons. The van der Waals surface area contributed by atoms with Gasteiger partial charge in [-0.3, -0.25) is 9.59 Å². The standard InChI is InChI=1S/C18H16N2O2S2/c1-3-17(21)19-13-5-9-15(10-6-13)23-24-16-11-7-14(8-12-16)20-18(22)4-2/h3-12H,1-2H2,(H,19,21)(H,20,22). The second-order valence-electron chi connectivity index (χ2n) is 4.60. The highest BCUT2D eigenvalue weighted by Crippen LogP contribution is 2.37. The number of rotatable bonds is 7. The summed E-state index contributed by atoms with van der Waals surface area (Å²) in [6.07, 6.45) is 2.47. The summed E-state index contributed by atoms with van der Waals surface area (Å²) in [4.78, 5) is 24.6. The van der Waals surface area contributed by atoms with Crippen molar-refractivity contribution in [1.82, 2.24) is 0 Å². The fourth-order valence-electron chi connectivity index (χ4n) is 1.67. The maximum absolute atomic E-state index is 11.2. The molecule has 0 fully saturated rings. The van der Waals surface area contributed by atoms with Gasteiger partial charge in [-0.1, -0.05) is 34.7 Å². The lowest BCUT2D eigenvalue weighted by Gasteiger charge is -2.06. The van der Waals surface area contributed by atoms with Crippen LogP contribution in [0, 0.1) is 0 Å². The number of carbonyl (C=O) groups is 2. The fraction of sp³-hybridized carbons (Fsp3) is 0. The van der Waals surface area contributed by atoms with Crippen LogP contribution in [-0.4, -0.2) is 11.8 Å². The first-order chi connectivity index (χ1) is 11.6. The summed E-state index contributed by atoms with van der Waals surface area (Å²) >= 11 is 0. The molecule has 0 aliphatic rings. The molecule has 2 rings (SSSR count). The lowest BCUT2D eigenvalue weighted by atomic mass is 10.3. The Labute approximate surface area is 148 Å². The lowest BCUT2D eigenvalue weighted by molar-refractivity contribution is -0.112. The van der Waals surface area contributed by atoms with Crippen LogP contribution in [0.4, 0.5) is 11.4 Å². The van der Waals surface area contributed by atoms with Gasteiger partial charge in [-0.2, -0.15) is 0 Å². The molecule has 2 aromatic carbocycles. The summed E-state index contributed by atoms with van der Waals surface area (Å²) in [5.74, 6) is -0.457. The summed E-state index contributed by atoms with van der Waals surface area (Å²) in [6.45, 7) is 6.83. The molecule has 0 atom stereocenters. The Morgan fingerprint density at radius 3 is 1.33 bits per heavy atom. The van der Waals surface area contributed by atoms with Crippen molar-refractivity contribution in [2.24, 2.45) is 0 Å². The first-order valence-electron chi connectivity index (χ1n) is 7.02. The third-order valence-corrected chi connectivity index (χ3v) is 5.27. The van der Waals surface area contributed by atoms with Gasteiger partial charge in [0.05, 0.1) is 0 Å². The zero-order chi connectivity index (χ0) is 17.4. The molecule has 6 heteroatoms. The molecule has 0 heterocycles. The minimum atomic E-state index is -0.228. The van der Waals surface area contributed by atoms with E-state index >= 15 is 0 Å². The molecule has 24 heavy (non-hydrogen) atoms. The maximum atomic E-state index is 11.2. The first kappa shape index (κ1) is 17.9. The van der Waals surface area contributed by atoms with Gasteiger partial charge < -0.3 is 10.6 Å². The molecule has 0 spiro atoms. The van der Waals surface area contributed by atoms with E-state index in [0.29, 0.717) is 0 Å². The van der Waals surface area contributed by atoms with E-state index in [2.05, 4.69) is 23.8 Å². The van der Waals surface area contributed by atoms with E-state index in [-0.39, 0.29) is 11.8 Å². The van der Waals surface area contributed by atoms with Crippen molar-refractivity contribution in [3.63, 3.8) is 0 Å². The number of benzene rings is 2. The zero-order valence-electron chi connectivity index (χ0n) is 12.8. The quantitative estimate of drug-likeness (QED) is 0.556. The Kier molecular flexibility index (Phi) is 6.72. The van der Waals surface area contributed by atoms with E-state index < -0.39 is 0 Å². The largest absolute Gasteiger partial charge is 0.323 e. The number of hydrogen-bond donors (Lipinski definition) is 2. The molecule has 0 unspecified atom stereocenters. The number of nitrogens with one attached hydrogen (secondary N) is 2. The third-order valence-electron chi connectivity index (χ3n) is 2.85. The fourth-order valence-corrected chi connectivity index (χ4v) is 3.60. The molecule has 0 aliphatic heterocycles. The van der Waals surface area contributed by atoms with Crippen LogP contribution in [0.2, 0.25) is 0 Å². The number of hydrogen-bond acceptors (Lipinski definition) is 4. The van der Waals surface area contributed by atoms with Gasteiger partial charge in [-0.15, -0.1) is 0 Å². The number of carbonyl (C=O) groups excluding carboxylic acids is 2. The summed E-state index contributed by atoms with van der Waals surface area (Å²) < 4.78 is 0. The van der Waals surface area contributed by atoms with Crippen molar-refractivity contribution in [3.05, 3.63) is 73.8 Å². The number of amides is 2. The van der Waals surface area contributed by atoms with Gasteiger partial charge in [0.1, 0.15) is 0 Å². The smallest absolute Gasteiger partial charge is 0.247 e. The number of anilines is 2. The maximum Gasteiger partial charge on any atom is 0.247 e. The molecule has 0 saturated carbocycles. The second kappa shape index (κ2) is 9.00. The van der Waals surface area contributed by atoms with E-state index in [9.17, 15) is 9.59 Å². The van der Waals surface area contributed by atoms with E-state index in [1.807, 2.05) is 48.5 Å². The van der Waals surface area contributed by atoms with Gasteiger partial charge in [0.25, 0.3) is 0 Å². The van der Waals surface area contributed by atoms with Crippen LogP contribution < -0.4 is 10.6 Å². The van der Waals surface area contributed by atoms with Crippen LogP contribution in [0.15, 0.2) is 83.6 Å². The first-order valence-corrected chi connectivity index (χ1v) is 9.17. The van der Waals surface area contributed by atoms with Gasteiger partial charge in [-0.25, -0.2) is 0 Å². The summed E-state index contributed by atoms with van der Waals surface area (Å²) in [5.41, 5.74) is 1.47. The van der Waals surface area contributed by atoms with Crippen LogP contribution >= 0.6 is 21.6 Å². The van der Waals surface area contributed by atoms with Crippen LogP contribution in [-0.2, 0) is 9.59 Å². The molecule has 0 bridgehead atoms. The summed E-state index contributed by atoms with van der Waals surface area (Å²) in [5, 5.41) is 5.41. The van der Waals surface area contributed by atoms with Crippen molar-refractivity contribution in [2.45, 2.75) is 9.79 Å². The zero-order valence-corrected chi connectivity index (χ0v) is 14.5. The van der Waals surface area contributed by atoms with Gasteiger partial charge in [0.2, 0.25) is 11.8 Å². The predicted molar refractivity (Wildman–Crippen MR) is 102 cm³/mol. The third kappa shape index (κ3) is 5.64. The highest BCUT2D eigenvalue weighted by molar-refractivity contribution is 8.76. The van der Waals surface area contributed by atoms with Crippen molar-refractivity contribution < 1.29 is 9.59 Å². The van der Waals surface area contributed by atoms with Gasteiger partial charge in [0, 0.05) is 21.2 Å². The molecule has 2 N–H and O–H groups in total. The predicted octanol–water partition coefficient (Wildman–Crippen LogP) is 4.74. The molecule has 0 saturated heterocycles. The Balaban J connectivity index is 1.88. The Hall–Kier alpha value is -2.44. The molecule has 2 aromatic rings. The molecule has 122 valence electrons. The molecular formula is C18H16N2O2S2. The van der Waals surface area contributed by atoms with Crippen molar-refractivity contribution in [1.29, 1.82) is 0 Å². The highest BCUT2D eigenvalue weighted by atomic mass is 33.1. The molecule has 0 aliphatic carbocycles. The average Bonchev–Trinajstić information content (AvgIpc) is 2.62. The van der Waals surface area contributed by atoms with Crippen LogP contribution in [0.1, 0.15) is 0 Å². The van der Waals surface area contributed by atoms with Crippen LogP contribution in [0.25, 0.3) is 0 Å². The van der Waals surface area contributed by atoms with E-state index in [4.69, 9.17) is 0 Å². The minimum absolute atomic E-state index is 0.228. The molecule has 2 amide bonds. The highest BCUT2D eigenvalue weighted by Gasteiger charge is 2.01. The Morgan fingerprint density at radius 1 is 0.708 bits per heavy atom. The van der Waals surface area contributed by atoms with E-state index in [1.54, 1.807) is 21.6 Å². The molecular weight excluding hydrogens is 340 g/mol. The van der Waals surface area contributed by atoms with Crippen molar-refractivity contribution in [3.8, 4) is 0 Å². The topological polar surface area (TPSA) is 58.2 Å². The van der Waals surface area contributed by atoms with E-state index in [1.165, 1.54) is 12.2 Å². The lowest BCUT2D eigenvalue weighted by Crippen LogP contribution is -2.06.